The van der Waals surface area contributed by atoms with Gasteiger partial charge in [0, 0.05) is 13.0 Å². The highest BCUT2D eigenvalue weighted by atomic mass is 32.2. The van der Waals surface area contributed by atoms with Gasteiger partial charge in [0.05, 0.1) is 5.75 Å². The minimum absolute atomic E-state index is 0.0311. The number of hydrogen-bond donors (Lipinski definition) is 1. The van der Waals surface area contributed by atoms with Crippen LogP contribution in [0, 0.1) is 6.92 Å². The van der Waals surface area contributed by atoms with Crippen molar-refractivity contribution < 1.29 is 12.9 Å². The summed E-state index contributed by atoms with van der Waals surface area (Å²) in [5, 5.41) is 3.64. The summed E-state index contributed by atoms with van der Waals surface area (Å²) in [6.45, 7) is 1.96. The SMILES string of the molecule is Cc1noc(CCNS(=O)(=O)Cc2ccccc2)n1. The standard InChI is InChI=1S/C12H15N3O3S/c1-10-14-12(18-15-10)7-8-13-19(16,17)9-11-5-3-2-4-6-11/h2-6,13H,7-9H2,1H3. The molecule has 0 aliphatic rings. The molecule has 0 unspecified atom stereocenters. The van der Waals surface area contributed by atoms with E-state index in [0.717, 1.165) is 5.56 Å². The number of rotatable bonds is 6. The van der Waals surface area contributed by atoms with Crippen LogP contribution in [0.15, 0.2) is 34.9 Å². The number of sulfonamides is 1. The highest BCUT2D eigenvalue weighted by Gasteiger charge is 2.11. The molecular formula is C12H15N3O3S. The predicted octanol–water partition coefficient (Wildman–Crippen LogP) is 1.04. The van der Waals surface area contributed by atoms with Crippen molar-refractivity contribution in [3.8, 4) is 0 Å². The first-order valence-corrected chi connectivity index (χ1v) is 7.51. The highest BCUT2D eigenvalue weighted by molar-refractivity contribution is 7.88. The molecule has 0 fully saturated rings. The third-order valence-electron chi connectivity index (χ3n) is 2.43. The molecule has 0 saturated carbocycles. The van der Waals surface area contributed by atoms with Gasteiger partial charge in [-0.15, -0.1) is 0 Å². The van der Waals surface area contributed by atoms with Crippen LogP contribution in [0.25, 0.3) is 0 Å². The summed E-state index contributed by atoms with van der Waals surface area (Å²) in [7, 11) is -3.34. The first-order valence-electron chi connectivity index (χ1n) is 5.85. The van der Waals surface area contributed by atoms with Crippen molar-refractivity contribution in [2.24, 2.45) is 0 Å². The third-order valence-corrected chi connectivity index (χ3v) is 3.79. The Labute approximate surface area is 111 Å². The van der Waals surface area contributed by atoms with Gasteiger partial charge in [-0.3, -0.25) is 0 Å². The minimum atomic E-state index is -3.34. The highest BCUT2D eigenvalue weighted by Crippen LogP contribution is 2.04. The van der Waals surface area contributed by atoms with Crippen molar-refractivity contribution in [1.82, 2.24) is 14.9 Å². The Balaban J connectivity index is 1.84. The summed E-state index contributed by atoms with van der Waals surface area (Å²) in [6, 6.07) is 9.03. The number of nitrogens with one attached hydrogen (secondary N) is 1. The third kappa shape index (κ3) is 4.46. The molecule has 0 atom stereocenters. The second kappa shape index (κ2) is 5.94. The van der Waals surface area contributed by atoms with E-state index in [0.29, 0.717) is 18.1 Å². The van der Waals surface area contributed by atoms with Gasteiger partial charge >= 0.3 is 0 Å². The Morgan fingerprint density at radius 3 is 2.63 bits per heavy atom. The molecule has 0 saturated heterocycles. The Morgan fingerprint density at radius 1 is 1.26 bits per heavy atom. The second-order valence-corrected chi connectivity index (χ2v) is 5.93. The average Bonchev–Trinajstić information content (AvgIpc) is 2.75. The molecule has 102 valence electrons. The molecule has 7 heteroatoms. The van der Waals surface area contributed by atoms with E-state index in [1.807, 2.05) is 18.2 Å². The maximum Gasteiger partial charge on any atom is 0.227 e. The summed E-state index contributed by atoms with van der Waals surface area (Å²) in [4.78, 5) is 4.00. The van der Waals surface area contributed by atoms with Gasteiger partial charge in [-0.2, -0.15) is 4.98 Å². The summed E-state index contributed by atoms with van der Waals surface area (Å²) in [5.41, 5.74) is 0.753. The maximum absolute atomic E-state index is 11.8. The summed E-state index contributed by atoms with van der Waals surface area (Å²) >= 11 is 0. The zero-order chi connectivity index (χ0) is 13.7. The Bertz CT molecular complexity index is 623. The lowest BCUT2D eigenvalue weighted by molar-refractivity contribution is 0.375. The molecule has 0 aliphatic carbocycles. The van der Waals surface area contributed by atoms with Gasteiger partial charge in [0.25, 0.3) is 0 Å². The molecule has 0 spiro atoms. The smallest absolute Gasteiger partial charge is 0.227 e. The van der Waals surface area contributed by atoms with E-state index >= 15 is 0 Å². The Hall–Kier alpha value is -1.73. The maximum atomic E-state index is 11.8. The molecule has 0 bridgehead atoms. The molecule has 6 nitrogen and oxygen atoms in total. The van der Waals surface area contributed by atoms with Crippen molar-refractivity contribution in [3.05, 3.63) is 47.6 Å². The predicted molar refractivity (Wildman–Crippen MR) is 69.8 cm³/mol. The minimum Gasteiger partial charge on any atom is -0.339 e. The number of benzene rings is 1. The lowest BCUT2D eigenvalue weighted by atomic mass is 10.2. The zero-order valence-corrected chi connectivity index (χ0v) is 11.4. The van der Waals surface area contributed by atoms with E-state index in [-0.39, 0.29) is 12.3 Å². The molecule has 0 radical (unpaired) electrons. The molecule has 19 heavy (non-hydrogen) atoms. The fraction of sp³-hybridized carbons (Fsp3) is 0.333. The fourth-order valence-electron chi connectivity index (χ4n) is 1.60. The molecule has 1 N–H and O–H groups in total. The van der Waals surface area contributed by atoms with Crippen LogP contribution in [0.2, 0.25) is 0 Å². The van der Waals surface area contributed by atoms with Gasteiger partial charge in [-0.05, 0) is 12.5 Å². The van der Waals surface area contributed by atoms with Crippen molar-refractivity contribution >= 4 is 10.0 Å². The van der Waals surface area contributed by atoms with E-state index in [4.69, 9.17) is 4.52 Å². The van der Waals surface area contributed by atoms with Gasteiger partial charge in [0.1, 0.15) is 0 Å². The van der Waals surface area contributed by atoms with Crippen LogP contribution in [0.1, 0.15) is 17.3 Å². The van der Waals surface area contributed by atoms with Crippen molar-refractivity contribution in [3.63, 3.8) is 0 Å². The second-order valence-electron chi connectivity index (χ2n) is 4.12. The zero-order valence-electron chi connectivity index (χ0n) is 10.5. The number of hydrogen-bond acceptors (Lipinski definition) is 5. The lowest BCUT2D eigenvalue weighted by Gasteiger charge is -2.05. The average molecular weight is 281 g/mol. The van der Waals surface area contributed by atoms with Gasteiger partial charge < -0.3 is 4.52 Å². The summed E-state index contributed by atoms with van der Waals surface area (Å²) in [5.74, 6) is 0.943. The van der Waals surface area contributed by atoms with Crippen molar-refractivity contribution in [1.29, 1.82) is 0 Å². The lowest BCUT2D eigenvalue weighted by Crippen LogP contribution is -2.27. The number of aromatic nitrogens is 2. The first-order chi connectivity index (χ1) is 9.05. The Morgan fingerprint density at radius 2 is 2.00 bits per heavy atom. The fourth-order valence-corrected chi connectivity index (χ4v) is 2.75. The van der Waals surface area contributed by atoms with Crippen LogP contribution in [0.4, 0.5) is 0 Å². The van der Waals surface area contributed by atoms with E-state index in [1.54, 1.807) is 19.1 Å². The first kappa shape index (κ1) is 13.7. The van der Waals surface area contributed by atoms with Crippen LogP contribution in [0.5, 0.6) is 0 Å². The molecule has 0 amide bonds. The summed E-state index contributed by atoms with van der Waals surface area (Å²) < 4.78 is 31.0. The van der Waals surface area contributed by atoms with Gasteiger partial charge in [-0.1, -0.05) is 35.5 Å². The van der Waals surface area contributed by atoms with E-state index in [2.05, 4.69) is 14.9 Å². The van der Waals surface area contributed by atoms with Crippen LogP contribution < -0.4 is 4.72 Å². The molecule has 0 aliphatic heterocycles. The molecule has 1 heterocycles. The van der Waals surface area contributed by atoms with Crippen LogP contribution in [-0.4, -0.2) is 25.1 Å². The van der Waals surface area contributed by atoms with Crippen LogP contribution >= 0.6 is 0 Å². The van der Waals surface area contributed by atoms with Crippen LogP contribution in [-0.2, 0) is 22.2 Å². The van der Waals surface area contributed by atoms with Crippen molar-refractivity contribution in [2.75, 3.05) is 6.54 Å². The normalized spacial score (nSPS) is 11.6. The van der Waals surface area contributed by atoms with Crippen molar-refractivity contribution in [2.45, 2.75) is 19.1 Å². The van der Waals surface area contributed by atoms with E-state index in [1.165, 1.54) is 0 Å². The van der Waals surface area contributed by atoms with E-state index < -0.39 is 10.0 Å². The largest absolute Gasteiger partial charge is 0.339 e. The van der Waals surface area contributed by atoms with Gasteiger partial charge in [-0.25, -0.2) is 13.1 Å². The summed E-state index contributed by atoms with van der Waals surface area (Å²) in [6.07, 6.45) is 0.384. The monoisotopic (exact) mass is 281 g/mol. The molecule has 2 aromatic rings. The molecule has 1 aromatic carbocycles. The van der Waals surface area contributed by atoms with Gasteiger partial charge in [0.2, 0.25) is 15.9 Å². The van der Waals surface area contributed by atoms with Gasteiger partial charge in [0.15, 0.2) is 5.82 Å². The van der Waals surface area contributed by atoms with E-state index in [9.17, 15) is 8.42 Å². The quantitative estimate of drug-likeness (QED) is 0.855. The molecule has 2 rings (SSSR count). The number of nitrogens with zero attached hydrogens (tertiary/aromatic N) is 2. The molecular weight excluding hydrogens is 266 g/mol. The molecule has 1 aromatic heterocycles. The number of aryl methyl sites for hydroxylation is 1. The van der Waals surface area contributed by atoms with Crippen LogP contribution in [0.3, 0.4) is 0 Å². The topological polar surface area (TPSA) is 85.1 Å². The Kier molecular flexibility index (Phi) is 4.28.